The number of hydrogen-bond donors (Lipinski definition) is 1. The first-order valence-corrected chi connectivity index (χ1v) is 7.52. The number of anilines is 1. The second-order valence-electron chi connectivity index (χ2n) is 4.05. The van der Waals surface area contributed by atoms with E-state index in [1.165, 1.54) is 11.3 Å². The Morgan fingerprint density at radius 1 is 1.50 bits per heavy atom. The fourth-order valence-electron chi connectivity index (χ4n) is 1.67. The molecule has 0 aliphatic rings. The lowest BCUT2D eigenvalue weighted by atomic mass is 10.2. The van der Waals surface area contributed by atoms with Crippen molar-refractivity contribution in [3.05, 3.63) is 53.9 Å². The first-order chi connectivity index (χ1) is 9.38. The van der Waals surface area contributed by atoms with Crippen molar-refractivity contribution in [2.75, 3.05) is 5.32 Å². The maximum absolute atomic E-state index is 13.6. The van der Waals surface area contributed by atoms with Crippen LogP contribution in [0.4, 0.5) is 15.8 Å². The lowest BCUT2D eigenvalue weighted by Crippen LogP contribution is -2.07. The van der Waals surface area contributed by atoms with Crippen molar-refractivity contribution in [1.82, 2.24) is 0 Å². The van der Waals surface area contributed by atoms with Crippen molar-refractivity contribution in [3.63, 3.8) is 0 Å². The van der Waals surface area contributed by atoms with E-state index in [0.717, 1.165) is 17.0 Å². The van der Waals surface area contributed by atoms with E-state index in [-0.39, 0.29) is 21.9 Å². The molecule has 1 N–H and O–H groups in total. The van der Waals surface area contributed by atoms with Crippen LogP contribution in [0.25, 0.3) is 0 Å². The van der Waals surface area contributed by atoms with Gasteiger partial charge in [-0.15, -0.1) is 11.3 Å². The molecule has 8 heteroatoms. The molecule has 1 atom stereocenters. The van der Waals surface area contributed by atoms with Gasteiger partial charge in [-0.2, -0.15) is 0 Å². The predicted molar refractivity (Wildman–Crippen MR) is 82.1 cm³/mol. The molecule has 0 saturated heterocycles. The van der Waals surface area contributed by atoms with Crippen LogP contribution in [0.5, 0.6) is 0 Å². The van der Waals surface area contributed by atoms with E-state index in [1.807, 2.05) is 13.0 Å². The second-order valence-corrected chi connectivity index (χ2v) is 6.65. The lowest BCUT2D eigenvalue weighted by molar-refractivity contribution is -0.384. The third-order valence-corrected chi connectivity index (χ3v) is 4.65. The zero-order valence-corrected chi connectivity index (χ0v) is 13.4. The first kappa shape index (κ1) is 15.2. The normalized spacial score (nSPS) is 12.2. The quantitative estimate of drug-likeness (QED) is 0.573. The summed E-state index contributed by atoms with van der Waals surface area (Å²) < 4.78 is 14.2. The average molecular weight is 380 g/mol. The molecule has 106 valence electrons. The molecule has 20 heavy (non-hydrogen) atoms. The van der Waals surface area contributed by atoms with Gasteiger partial charge in [0.15, 0.2) is 0 Å². The van der Waals surface area contributed by atoms with Crippen LogP contribution in [-0.2, 0) is 0 Å². The third-order valence-electron chi connectivity index (χ3n) is 2.63. The Morgan fingerprint density at radius 2 is 2.20 bits per heavy atom. The van der Waals surface area contributed by atoms with Crippen LogP contribution >= 0.6 is 38.9 Å². The second kappa shape index (κ2) is 6.07. The molecule has 1 aromatic carbocycles. The van der Waals surface area contributed by atoms with Gasteiger partial charge in [0.25, 0.3) is 5.69 Å². The van der Waals surface area contributed by atoms with Crippen molar-refractivity contribution in [1.29, 1.82) is 0 Å². The van der Waals surface area contributed by atoms with E-state index in [9.17, 15) is 14.5 Å². The number of nitro groups is 1. The summed E-state index contributed by atoms with van der Waals surface area (Å²) >= 11 is 10.2. The van der Waals surface area contributed by atoms with E-state index >= 15 is 0 Å². The predicted octanol–water partition coefficient (Wildman–Crippen LogP) is 5.38. The zero-order valence-electron chi connectivity index (χ0n) is 10.2. The number of nitro benzene ring substituents is 1. The maximum Gasteiger partial charge on any atom is 0.293 e. The summed E-state index contributed by atoms with van der Waals surface area (Å²) in [6.45, 7) is 1.83. The van der Waals surface area contributed by atoms with E-state index < -0.39 is 10.7 Å². The van der Waals surface area contributed by atoms with Crippen molar-refractivity contribution >= 4 is 50.2 Å². The summed E-state index contributed by atoms with van der Waals surface area (Å²) in [6, 6.07) is 5.61. The molecule has 2 rings (SSSR count). The van der Waals surface area contributed by atoms with Crippen molar-refractivity contribution in [3.8, 4) is 0 Å². The molecule has 0 radical (unpaired) electrons. The van der Waals surface area contributed by atoms with Gasteiger partial charge < -0.3 is 5.32 Å². The topological polar surface area (TPSA) is 55.2 Å². The fourth-order valence-corrected chi connectivity index (χ4v) is 3.06. The Morgan fingerprint density at radius 3 is 2.75 bits per heavy atom. The summed E-state index contributed by atoms with van der Waals surface area (Å²) in [5.74, 6) is -0.561. The van der Waals surface area contributed by atoms with E-state index in [1.54, 1.807) is 6.07 Å². The van der Waals surface area contributed by atoms with Gasteiger partial charge in [-0.1, -0.05) is 11.6 Å². The first-order valence-electron chi connectivity index (χ1n) is 5.53. The molecular weight excluding hydrogens is 371 g/mol. The maximum atomic E-state index is 13.6. The van der Waals surface area contributed by atoms with Gasteiger partial charge in [0, 0.05) is 17.0 Å². The highest BCUT2D eigenvalue weighted by Crippen LogP contribution is 2.34. The van der Waals surface area contributed by atoms with Crippen LogP contribution in [-0.4, -0.2) is 4.92 Å². The number of nitrogens with one attached hydrogen (secondary N) is 1. The molecule has 0 bridgehead atoms. The molecule has 0 aliphatic carbocycles. The number of benzene rings is 1. The monoisotopic (exact) mass is 378 g/mol. The summed E-state index contributed by atoms with van der Waals surface area (Å²) in [5, 5.41) is 13.9. The minimum atomic E-state index is -0.561. The van der Waals surface area contributed by atoms with Gasteiger partial charge in [0.05, 0.1) is 19.8 Å². The Labute approximate surface area is 131 Å². The van der Waals surface area contributed by atoms with E-state index in [2.05, 4.69) is 21.2 Å². The van der Waals surface area contributed by atoms with Gasteiger partial charge in [0.1, 0.15) is 11.5 Å². The molecule has 0 amide bonds. The Bertz CT molecular complexity index is 665. The van der Waals surface area contributed by atoms with Gasteiger partial charge in [-0.3, -0.25) is 10.1 Å². The number of hydrogen-bond acceptors (Lipinski definition) is 4. The zero-order chi connectivity index (χ0) is 14.9. The smallest absolute Gasteiger partial charge is 0.293 e. The molecule has 0 aliphatic heterocycles. The molecule has 0 saturated carbocycles. The minimum absolute atomic E-state index is 0.0570. The van der Waals surface area contributed by atoms with Crippen LogP contribution in [0.15, 0.2) is 28.7 Å². The van der Waals surface area contributed by atoms with Gasteiger partial charge in [-0.25, -0.2) is 4.39 Å². The molecule has 1 aromatic heterocycles. The summed E-state index contributed by atoms with van der Waals surface area (Å²) in [6.07, 6.45) is 0. The van der Waals surface area contributed by atoms with Crippen LogP contribution in [0, 0.1) is 15.9 Å². The summed E-state index contributed by atoms with van der Waals surface area (Å²) in [4.78, 5) is 11.4. The molecule has 0 fully saturated rings. The van der Waals surface area contributed by atoms with Crippen LogP contribution in [0.1, 0.15) is 17.8 Å². The van der Waals surface area contributed by atoms with Crippen molar-refractivity contribution in [2.24, 2.45) is 0 Å². The highest BCUT2D eigenvalue weighted by molar-refractivity contribution is 9.10. The van der Waals surface area contributed by atoms with Crippen LogP contribution < -0.4 is 5.32 Å². The van der Waals surface area contributed by atoms with Crippen LogP contribution in [0.2, 0.25) is 4.34 Å². The SMILES string of the molecule is CC(Nc1cc(F)c(Br)cc1[N+](=O)[O-])c1ccc(Cl)s1. The Balaban J connectivity index is 2.33. The van der Waals surface area contributed by atoms with Crippen molar-refractivity contribution < 1.29 is 9.31 Å². The molecule has 0 spiro atoms. The molecule has 1 unspecified atom stereocenters. The number of halogens is 3. The third kappa shape index (κ3) is 3.28. The van der Waals surface area contributed by atoms with Gasteiger partial charge in [0.2, 0.25) is 0 Å². The standard InChI is InChI=1S/C12H9BrClFN2O2S/c1-6(11-2-3-12(14)20-11)16-9-5-8(15)7(13)4-10(9)17(18)19/h2-6,16H,1H3. The van der Waals surface area contributed by atoms with Crippen LogP contribution in [0.3, 0.4) is 0 Å². The average Bonchev–Trinajstić information content (AvgIpc) is 2.80. The van der Waals surface area contributed by atoms with E-state index in [4.69, 9.17) is 11.6 Å². The highest BCUT2D eigenvalue weighted by Gasteiger charge is 2.20. The molecule has 4 nitrogen and oxygen atoms in total. The Hall–Kier alpha value is -1.18. The van der Waals surface area contributed by atoms with Gasteiger partial charge in [-0.05, 0) is 35.0 Å². The van der Waals surface area contributed by atoms with E-state index in [0.29, 0.717) is 4.34 Å². The number of rotatable bonds is 4. The Kier molecular flexibility index (Phi) is 4.62. The number of thiophene rings is 1. The molecular formula is C12H9BrClFN2O2S. The number of nitrogens with zero attached hydrogens (tertiary/aromatic N) is 1. The fraction of sp³-hybridized carbons (Fsp3) is 0.167. The summed E-state index contributed by atoms with van der Waals surface area (Å²) in [7, 11) is 0. The minimum Gasteiger partial charge on any atom is -0.372 e. The lowest BCUT2D eigenvalue weighted by Gasteiger charge is -2.14. The molecule has 2 aromatic rings. The largest absolute Gasteiger partial charge is 0.372 e. The van der Waals surface area contributed by atoms with Crippen molar-refractivity contribution in [2.45, 2.75) is 13.0 Å². The molecule has 1 heterocycles. The summed E-state index contributed by atoms with van der Waals surface area (Å²) in [5.41, 5.74) is -0.0551. The highest BCUT2D eigenvalue weighted by atomic mass is 79.9. The van der Waals surface area contributed by atoms with Gasteiger partial charge >= 0.3 is 0 Å².